The second-order valence-electron chi connectivity index (χ2n) is 7.83. The van der Waals surface area contributed by atoms with E-state index in [-0.39, 0.29) is 24.9 Å². The molecule has 2 aromatic carbocycles. The molecular formula is C24H24N4O3S. The molecule has 4 aromatic rings. The van der Waals surface area contributed by atoms with E-state index < -0.39 is 0 Å². The minimum Gasteiger partial charge on any atom is -0.392 e. The van der Waals surface area contributed by atoms with Gasteiger partial charge in [-0.25, -0.2) is 9.36 Å². The Kier molecular flexibility index (Phi) is 6.07. The molecule has 1 unspecified atom stereocenters. The van der Waals surface area contributed by atoms with Crippen LogP contribution in [0.1, 0.15) is 36.7 Å². The summed E-state index contributed by atoms with van der Waals surface area (Å²) in [5, 5.41) is 20.2. The maximum atomic E-state index is 13.1. The van der Waals surface area contributed by atoms with Crippen molar-refractivity contribution in [3.05, 3.63) is 82.5 Å². The largest absolute Gasteiger partial charge is 0.392 e. The lowest BCUT2D eigenvalue weighted by molar-refractivity contribution is -0.0397. The van der Waals surface area contributed by atoms with Gasteiger partial charge in [0.05, 0.1) is 30.4 Å². The molecule has 1 aliphatic heterocycles. The van der Waals surface area contributed by atoms with E-state index in [1.54, 1.807) is 22.6 Å². The van der Waals surface area contributed by atoms with Crippen LogP contribution in [-0.4, -0.2) is 31.3 Å². The Hall–Kier alpha value is -2.94. The van der Waals surface area contributed by atoms with Crippen LogP contribution < -0.4 is 5.56 Å². The van der Waals surface area contributed by atoms with Gasteiger partial charge in [0.25, 0.3) is 5.56 Å². The first-order valence-electron chi connectivity index (χ1n) is 10.7. The third-order valence-electron chi connectivity index (χ3n) is 5.62. The fourth-order valence-electron chi connectivity index (χ4n) is 3.92. The topological polar surface area (TPSA) is 82.2 Å². The monoisotopic (exact) mass is 448 g/mol. The molecule has 7 nitrogen and oxygen atoms in total. The van der Waals surface area contributed by atoms with Gasteiger partial charge >= 0.3 is 0 Å². The summed E-state index contributed by atoms with van der Waals surface area (Å²) in [4.78, 5) is 15.3. The summed E-state index contributed by atoms with van der Waals surface area (Å²) >= 11 is 1.65. The molecule has 0 spiro atoms. The zero-order chi connectivity index (χ0) is 21.9. The summed E-state index contributed by atoms with van der Waals surface area (Å²) < 4.78 is 8.96. The van der Waals surface area contributed by atoms with Crippen LogP contribution in [0.2, 0.25) is 0 Å². The van der Waals surface area contributed by atoms with Crippen molar-refractivity contribution in [1.29, 1.82) is 0 Å². The lowest BCUT2D eigenvalue weighted by Gasteiger charge is -2.22. The van der Waals surface area contributed by atoms with Crippen molar-refractivity contribution >= 4 is 22.5 Å². The Morgan fingerprint density at radius 2 is 2.00 bits per heavy atom. The molecular weight excluding hydrogens is 424 g/mol. The number of hydrogen-bond donors (Lipinski definition) is 1. The molecule has 0 radical (unpaired) electrons. The van der Waals surface area contributed by atoms with Crippen molar-refractivity contribution in [1.82, 2.24) is 19.6 Å². The molecule has 1 N–H and O–H groups in total. The minimum absolute atomic E-state index is 0.121. The number of ether oxygens (including phenoxy) is 1. The number of aromatic nitrogens is 4. The highest BCUT2D eigenvalue weighted by Gasteiger charge is 2.20. The molecule has 0 aliphatic carbocycles. The highest BCUT2D eigenvalue weighted by Crippen LogP contribution is 2.29. The summed E-state index contributed by atoms with van der Waals surface area (Å²) in [5.74, 6) is 0. The molecule has 164 valence electrons. The lowest BCUT2D eigenvalue weighted by Crippen LogP contribution is -2.24. The van der Waals surface area contributed by atoms with Gasteiger partial charge in [-0.05, 0) is 49.6 Å². The number of aliphatic hydroxyl groups is 1. The Labute approximate surface area is 189 Å². The molecule has 8 heteroatoms. The van der Waals surface area contributed by atoms with Crippen LogP contribution in [0.15, 0.2) is 75.5 Å². The van der Waals surface area contributed by atoms with Gasteiger partial charge in [-0.2, -0.15) is 10.2 Å². The minimum atomic E-state index is -0.175. The van der Waals surface area contributed by atoms with Gasteiger partial charge in [0.15, 0.2) is 0 Å². The van der Waals surface area contributed by atoms with Gasteiger partial charge in [-0.15, -0.1) is 0 Å². The average molecular weight is 449 g/mol. The van der Waals surface area contributed by atoms with Gasteiger partial charge in [0.1, 0.15) is 6.23 Å². The van der Waals surface area contributed by atoms with E-state index in [0.29, 0.717) is 23.3 Å². The molecule has 0 bridgehead atoms. The average Bonchev–Trinajstić information content (AvgIpc) is 3.25. The molecule has 0 amide bonds. The molecule has 5 rings (SSSR count). The van der Waals surface area contributed by atoms with Gasteiger partial charge in [-0.3, -0.25) is 4.79 Å². The summed E-state index contributed by atoms with van der Waals surface area (Å²) in [6.07, 6.45) is 6.44. The summed E-state index contributed by atoms with van der Waals surface area (Å²) in [6.45, 7) is 0.764. The van der Waals surface area contributed by atoms with E-state index in [1.165, 1.54) is 4.68 Å². The summed E-state index contributed by atoms with van der Waals surface area (Å²) in [7, 11) is 0. The molecule has 1 aliphatic rings. The highest BCUT2D eigenvalue weighted by atomic mass is 32.2. The Morgan fingerprint density at radius 3 is 2.78 bits per heavy atom. The third-order valence-corrected chi connectivity index (χ3v) is 6.62. The SMILES string of the molecule is O=c1c2ccc(Sc3ccccc3)cc2cnn1Cc1nn(C2CCCCO2)cc1CO. The molecule has 1 atom stereocenters. The fourth-order valence-corrected chi connectivity index (χ4v) is 4.81. The van der Waals surface area contributed by atoms with Crippen LogP contribution in [0, 0.1) is 0 Å². The number of fused-ring (bicyclic) bond motifs is 1. The first-order chi connectivity index (χ1) is 15.7. The van der Waals surface area contributed by atoms with E-state index in [9.17, 15) is 9.90 Å². The molecule has 2 aromatic heterocycles. The first-order valence-corrected chi connectivity index (χ1v) is 11.5. The maximum absolute atomic E-state index is 13.1. The quantitative estimate of drug-likeness (QED) is 0.480. The van der Waals surface area contributed by atoms with Crippen LogP contribution >= 0.6 is 11.8 Å². The van der Waals surface area contributed by atoms with Crippen LogP contribution in [0.5, 0.6) is 0 Å². The first kappa shape index (κ1) is 20.9. The van der Waals surface area contributed by atoms with Gasteiger partial charge in [-0.1, -0.05) is 30.0 Å². The van der Waals surface area contributed by atoms with Crippen molar-refractivity contribution in [2.45, 2.75) is 48.4 Å². The number of rotatable bonds is 6. The smallest absolute Gasteiger partial charge is 0.274 e. The van der Waals surface area contributed by atoms with Gasteiger partial charge in [0.2, 0.25) is 0 Å². The Balaban J connectivity index is 1.41. The van der Waals surface area contributed by atoms with Crippen LogP contribution in [-0.2, 0) is 17.9 Å². The van der Waals surface area contributed by atoms with Gasteiger partial charge < -0.3 is 9.84 Å². The molecule has 0 saturated carbocycles. The zero-order valence-corrected chi connectivity index (χ0v) is 18.4. The molecule has 32 heavy (non-hydrogen) atoms. The van der Waals surface area contributed by atoms with E-state index in [4.69, 9.17) is 4.74 Å². The van der Waals surface area contributed by atoms with Crippen LogP contribution in [0.4, 0.5) is 0 Å². The van der Waals surface area contributed by atoms with E-state index >= 15 is 0 Å². The summed E-state index contributed by atoms with van der Waals surface area (Å²) in [5.41, 5.74) is 1.14. The Morgan fingerprint density at radius 1 is 1.12 bits per heavy atom. The van der Waals surface area contributed by atoms with E-state index in [0.717, 1.165) is 34.4 Å². The third kappa shape index (κ3) is 4.34. The number of aliphatic hydroxyl groups excluding tert-OH is 1. The van der Waals surface area contributed by atoms with Crippen molar-refractivity contribution in [3.8, 4) is 0 Å². The second kappa shape index (κ2) is 9.28. The molecule has 1 saturated heterocycles. The molecule has 1 fully saturated rings. The van der Waals surface area contributed by atoms with Gasteiger partial charge in [0, 0.05) is 33.5 Å². The predicted molar refractivity (Wildman–Crippen MR) is 123 cm³/mol. The highest BCUT2D eigenvalue weighted by molar-refractivity contribution is 7.99. The Bertz CT molecular complexity index is 1280. The summed E-state index contributed by atoms with van der Waals surface area (Å²) in [6, 6.07) is 15.9. The standard InChI is InChI=1S/C24H24N4O3S/c29-16-18-14-27(23-8-4-5-11-31-23)26-22(18)15-28-24(30)21-10-9-20(12-17(21)13-25-28)32-19-6-2-1-3-7-19/h1-3,6-7,9-10,12-14,23,29H,4-5,8,11,15-16H2. The van der Waals surface area contributed by atoms with Crippen molar-refractivity contribution in [2.24, 2.45) is 0 Å². The maximum Gasteiger partial charge on any atom is 0.274 e. The van der Waals surface area contributed by atoms with Crippen LogP contribution in [0.3, 0.4) is 0 Å². The number of hydrogen-bond acceptors (Lipinski definition) is 6. The second-order valence-corrected chi connectivity index (χ2v) is 8.98. The van der Waals surface area contributed by atoms with Crippen molar-refractivity contribution < 1.29 is 9.84 Å². The van der Waals surface area contributed by atoms with Crippen molar-refractivity contribution in [2.75, 3.05) is 6.61 Å². The number of nitrogens with zero attached hydrogens (tertiary/aromatic N) is 4. The van der Waals surface area contributed by atoms with Crippen molar-refractivity contribution in [3.63, 3.8) is 0 Å². The van der Waals surface area contributed by atoms with E-state index in [2.05, 4.69) is 22.3 Å². The molecule has 3 heterocycles. The number of benzene rings is 2. The lowest BCUT2D eigenvalue weighted by atomic mass is 10.2. The fraction of sp³-hybridized carbons (Fsp3) is 0.292. The van der Waals surface area contributed by atoms with E-state index in [1.807, 2.05) is 42.6 Å². The normalized spacial score (nSPS) is 16.5. The zero-order valence-electron chi connectivity index (χ0n) is 17.6. The van der Waals surface area contributed by atoms with Crippen LogP contribution in [0.25, 0.3) is 10.8 Å². The predicted octanol–water partition coefficient (Wildman–Crippen LogP) is 3.98.